The standard InChI is InChI=1S/C8H11BrOS/c1-6(2)10-5-7-3-4-11-8(7)9/h3-4,6H,5H2,1-2H3. The fourth-order valence-electron chi connectivity index (χ4n) is 0.678. The van der Waals surface area contributed by atoms with Gasteiger partial charge in [0.1, 0.15) is 0 Å². The highest BCUT2D eigenvalue weighted by Crippen LogP contribution is 2.24. The summed E-state index contributed by atoms with van der Waals surface area (Å²) in [5, 5.41) is 2.06. The molecule has 0 aromatic carbocycles. The molecule has 0 fully saturated rings. The molecule has 1 aromatic rings. The molecule has 1 aromatic heterocycles. The van der Waals surface area contributed by atoms with E-state index in [-0.39, 0.29) is 0 Å². The molecule has 0 aliphatic heterocycles. The first-order valence-corrected chi connectivity index (χ1v) is 5.21. The lowest BCUT2D eigenvalue weighted by atomic mass is 10.3. The Morgan fingerprint density at radius 3 is 2.82 bits per heavy atom. The van der Waals surface area contributed by atoms with Crippen LogP contribution < -0.4 is 0 Å². The van der Waals surface area contributed by atoms with Gasteiger partial charge in [0.05, 0.1) is 16.5 Å². The van der Waals surface area contributed by atoms with Gasteiger partial charge in [0.2, 0.25) is 0 Å². The Balaban J connectivity index is 2.44. The SMILES string of the molecule is CC(C)OCc1ccsc1Br. The highest BCUT2D eigenvalue weighted by molar-refractivity contribution is 9.11. The summed E-state index contributed by atoms with van der Waals surface area (Å²) in [6.07, 6.45) is 0.307. The maximum Gasteiger partial charge on any atom is 0.0753 e. The molecule has 0 bridgehead atoms. The van der Waals surface area contributed by atoms with Crippen LogP contribution in [0.15, 0.2) is 15.2 Å². The van der Waals surface area contributed by atoms with E-state index in [0.29, 0.717) is 12.7 Å². The van der Waals surface area contributed by atoms with Gasteiger partial charge in [0.15, 0.2) is 0 Å². The van der Waals surface area contributed by atoms with Crippen molar-refractivity contribution in [2.45, 2.75) is 26.6 Å². The number of thiophene rings is 1. The second kappa shape index (κ2) is 4.24. The first-order chi connectivity index (χ1) is 5.20. The fraction of sp³-hybridized carbons (Fsp3) is 0.500. The van der Waals surface area contributed by atoms with Crippen molar-refractivity contribution in [2.75, 3.05) is 0 Å². The first-order valence-electron chi connectivity index (χ1n) is 3.53. The van der Waals surface area contributed by atoms with Crippen LogP contribution in [0.2, 0.25) is 0 Å². The molecule has 0 N–H and O–H groups in total. The van der Waals surface area contributed by atoms with Crippen molar-refractivity contribution in [3.05, 3.63) is 20.8 Å². The third-order valence-electron chi connectivity index (χ3n) is 1.27. The Bertz CT molecular complexity index is 220. The predicted molar refractivity (Wildman–Crippen MR) is 51.9 cm³/mol. The van der Waals surface area contributed by atoms with E-state index in [1.807, 2.05) is 13.8 Å². The summed E-state index contributed by atoms with van der Waals surface area (Å²) < 4.78 is 6.62. The van der Waals surface area contributed by atoms with Gasteiger partial charge in [-0.2, -0.15) is 0 Å². The number of halogens is 1. The fourth-order valence-corrected chi connectivity index (χ4v) is 1.88. The maximum absolute atomic E-state index is 5.44. The van der Waals surface area contributed by atoms with Crippen molar-refractivity contribution in [1.82, 2.24) is 0 Å². The van der Waals surface area contributed by atoms with Crippen LogP contribution in [0.3, 0.4) is 0 Å². The van der Waals surface area contributed by atoms with Gasteiger partial charge >= 0.3 is 0 Å². The summed E-state index contributed by atoms with van der Waals surface area (Å²) in [4.78, 5) is 0. The zero-order valence-corrected chi connectivity index (χ0v) is 9.04. The Hall–Kier alpha value is 0.140. The highest BCUT2D eigenvalue weighted by Gasteiger charge is 2.01. The molecule has 11 heavy (non-hydrogen) atoms. The molecular formula is C8H11BrOS. The van der Waals surface area contributed by atoms with E-state index in [1.54, 1.807) is 11.3 Å². The van der Waals surface area contributed by atoms with Gasteiger partial charge in [-0.15, -0.1) is 11.3 Å². The van der Waals surface area contributed by atoms with Crippen molar-refractivity contribution >= 4 is 27.3 Å². The topological polar surface area (TPSA) is 9.23 Å². The summed E-state index contributed by atoms with van der Waals surface area (Å²) in [6, 6.07) is 2.08. The summed E-state index contributed by atoms with van der Waals surface area (Å²) in [7, 11) is 0. The molecule has 0 saturated heterocycles. The summed E-state index contributed by atoms with van der Waals surface area (Å²) in [6.45, 7) is 4.79. The van der Waals surface area contributed by atoms with Crippen molar-refractivity contribution in [1.29, 1.82) is 0 Å². The molecule has 0 aliphatic rings. The second-order valence-corrected chi connectivity index (χ2v) is 4.81. The lowest BCUT2D eigenvalue weighted by molar-refractivity contribution is 0.0656. The molecule has 0 spiro atoms. The first kappa shape index (κ1) is 9.23. The van der Waals surface area contributed by atoms with Crippen LogP contribution in [0.25, 0.3) is 0 Å². The van der Waals surface area contributed by atoms with Gasteiger partial charge < -0.3 is 4.74 Å². The minimum Gasteiger partial charge on any atom is -0.374 e. The molecular weight excluding hydrogens is 224 g/mol. The maximum atomic E-state index is 5.44. The van der Waals surface area contributed by atoms with Gasteiger partial charge in [0, 0.05) is 5.56 Å². The van der Waals surface area contributed by atoms with Crippen LogP contribution in [-0.2, 0) is 11.3 Å². The minimum absolute atomic E-state index is 0.307. The van der Waals surface area contributed by atoms with E-state index < -0.39 is 0 Å². The van der Waals surface area contributed by atoms with Crippen LogP contribution in [0, 0.1) is 0 Å². The van der Waals surface area contributed by atoms with E-state index in [4.69, 9.17) is 4.74 Å². The lowest BCUT2D eigenvalue weighted by Crippen LogP contribution is -2.01. The Morgan fingerprint density at radius 2 is 2.36 bits per heavy atom. The van der Waals surface area contributed by atoms with Gasteiger partial charge in [0.25, 0.3) is 0 Å². The molecule has 0 aliphatic carbocycles. The molecule has 0 radical (unpaired) electrons. The zero-order chi connectivity index (χ0) is 8.27. The summed E-state index contributed by atoms with van der Waals surface area (Å²) in [5.74, 6) is 0. The van der Waals surface area contributed by atoms with Crippen molar-refractivity contribution in [3.63, 3.8) is 0 Å². The van der Waals surface area contributed by atoms with Gasteiger partial charge in [-0.25, -0.2) is 0 Å². The Morgan fingerprint density at radius 1 is 1.64 bits per heavy atom. The monoisotopic (exact) mass is 234 g/mol. The number of rotatable bonds is 3. The van der Waals surface area contributed by atoms with Crippen LogP contribution in [0.5, 0.6) is 0 Å². The van der Waals surface area contributed by atoms with Crippen LogP contribution in [-0.4, -0.2) is 6.10 Å². The smallest absolute Gasteiger partial charge is 0.0753 e. The quantitative estimate of drug-likeness (QED) is 0.779. The van der Waals surface area contributed by atoms with E-state index in [2.05, 4.69) is 27.4 Å². The molecule has 1 rings (SSSR count). The van der Waals surface area contributed by atoms with E-state index >= 15 is 0 Å². The molecule has 0 saturated carbocycles. The Labute approximate surface area is 79.5 Å². The van der Waals surface area contributed by atoms with Crippen LogP contribution in [0.4, 0.5) is 0 Å². The highest BCUT2D eigenvalue weighted by atomic mass is 79.9. The molecule has 0 amide bonds. The molecule has 3 heteroatoms. The largest absolute Gasteiger partial charge is 0.374 e. The average molecular weight is 235 g/mol. The number of hydrogen-bond donors (Lipinski definition) is 0. The average Bonchev–Trinajstić information content (AvgIpc) is 2.31. The molecule has 62 valence electrons. The lowest BCUT2D eigenvalue weighted by Gasteiger charge is -2.05. The molecule has 0 unspecified atom stereocenters. The molecule has 1 heterocycles. The zero-order valence-electron chi connectivity index (χ0n) is 6.63. The van der Waals surface area contributed by atoms with Gasteiger partial charge in [-0.05, 0) is 41.2 Å². The molecule has 1 nitrogen and oxygen atoms in total. The van der Waals surface area contributed by atoms with Crippen LogP contribution in [0.1, 0.15) is 19.4 Å². The minimum atomic E-state index is 0.307. The van der Waals surface area contributed by atoms with Gasteiger partial charge in [-0.3, -0.25) is 0 Å². The van der Waals surface area contributed by atoms with E-state index in [1.165, 1.54) is 9.35 Å². The van der Waals surface area contributed by atoms with Gasteiger partial charge in [-0.1, -0.05) is 0 Å². The van der Waals surface area contributed by atoms with Crippen LogP contribution >= 0.6 is 27.3 Å². The predicted octanol–water partition coefficient (Wildman–Crippen LogP) is 3.44. The summed E-state index contributed by atoms with van der Waals surface area (Å²) >= 11 is 5.15. The third kappa shape index (κ3) is 2.93. The van der Waals surface area contributed by atoms with Crippen molar-refractivity contribution in [2.24, 2.45) is 0 Å². The second-order valence-electron chi connectivity index (χ2n) is 2.58. The van der Waals surface area contributed by atoms with E-state index in [9.17, 15) is 0 Å². The van der Waals surface area contributed by atoms with Crippen molar-refractivity contribution < 1.29 is 4.74 Å². The summed E-state index contributed by atoms with van der Waals surface area (Å²) in [5.41, 5.74) is 1.24. The Kier molecular flexibility index (Phi) is 3.55. The third-order valence-corrected chi connectivity index (χ3v) is 3.08. The van der Waals surface area contributed by atoms with Crippen molar-refractivity contribution in [3.8, 4) is 0 Å². The molecule has 0 atom stereocenters. The normalized spacial score (nSPS) is 10.9. The number of hydrogen-bond acceptors (Lipinski definition) is 2. The van der Waals surface area contributed by atoms with E-state index in [0.717, 1.165) is 0 Å². The number of ether oxygens (including phenoxy) is 1.